The highest BCUT2D eigenvalue weighted by atomic mass is 35.5. The Bertz CT molecular complexity index is 367. The minimum absolute atomic E-state index is 0.339. The fraction of sp³-hybridized carbons (Fsp3) is 0.571. The van der Waals surface area contributed by atoms with Crippen molar-refractivity contribution in [2.24, 2.45) is 0 Å². The maximum atomic E-state index is 12.2. The summed E-state index contributed by atoms with van der Waals surface area (Å²) < 4.78 is 12.2. The summed E-state index contributed by atoms with van der Waals surface area (Å²) in [6, 6.07) is 7.63. The van der Waals surface area contributed by atoms with Crippen LogP contribution in [0.15, 0.2) is 29.2 Å². The maximum Gasteiger partial charge on any atom is 0.0545 e. The van der Waals surface area contributed by atoms with Gasteiger partial charge in [-0.05, 0) is 43.7 Å². The van der Waals surface area contributed by atoms with Gasteiger partial charge in [0.2, 0.25) is 0 Å². The molecule has 0 saturated heterocycles. The van der Waals surface area contributed by atoms with Gasteiger partial charge in [0, 0.05) is 21.7 Å². The van der Waals surface area contributed by atoms with Crippen molar-refractivity contribution in [1.29, 1.82) is 0 Å². The Hall–Kier alpha value is -0.380. The van der Waals surface area contributed by atoms with Crippen LogP contribution in [0.25, 0.3) is 0 Å². The molecule has 0 aliphatic carbocycles. The van der Waals surface area contributed by atoms with E-state index in [0.717, 1.165) is 30.7 Å². The number of benzene rings is 1. The number of nitrogens with one attached hydrogen (secondary N) is 1. The number of hydrogen-bond acceptors (Lipinski definition) is 2. The molecule has 0 heterocycles. The van der Waals surface area contributed by atoms with Gasteiger partial charge in [-0.2, -0.15) is 0 Å². The van der Waals surface area contributed by atoms with Crippen LogP contribution in [0.2, 0.25) is 5.02 Å². The fourth-order valence-electron chi connectivity index (χ4n) is 1.81. The van der Waals surface area contributed by atoms with Gasteiger partial charge in [-0.1, -0.05) is 31.9 Å². The molecule has 18 heavy (non-hydrogen) atoms. The fourth-order valence-corrected chi connectivity index (χ4v) is 3.21. The van der Waals surface area contributed by atoms with Gasteiger partial charge in [-0.25, -0.2) is 0 Å². The summed E-state index contributed by atoms with van der Waals surface area (Å²) >= 11 is 5.83. The average molecular weight is 288 g/mol. The lowest BCUT2D eigenvalue weighted by Crippen LogP contribution is -2.34. The van der Waals surface area contributed by atoms with Gasteiger partial charge in [0.1, 0.15) is 0 Å². The van der Waals surface area contributed by atoms with Crippen molar-refractivity contribution in [3.8, 4) is 0 Å². The lowest BCUT2D eigenvalue weighted by atomic mass is 10.2. The van der Waals surface area contributed by atoms with E-state index in [0.29, 0.717) is 16.8 Å². The molecule has 0 fully saturated rings. The van der Waals surface area contributed by atoms with Crippen LogP contribution in [-0.2, 0) is 10.8 Å². The molecule has 0 aromatic heterocycles. The maximum absolute atomic E-state index is 12.2. The molecule has 0 spiro atoms. The van der Waals surface area contributed by atoms with Gasteiger partial charge >= 0.3 is 0 Å². The molecule has 1 rings (SSSR count). The van der Waals surface area contributed by atoms with Crippen molar-refractivity contribution < 1.29 is 4.21 Å². The second kappa shape index (κ2) is 8.68. The number of rotatable bonds is 8. The number of halogens is 1. The van der Waals surface area contributed by atoms with Crippen LogP contribution >= 0.6 is 11.6 Å². The molecule has 4 heteroatoms. The molecule has 0 aliphatic heterocycles. The molecular formula is C14H22ClNOS. The summed E-state index contributed by atoms with van der Waals surface area (Å²) in [7, 11) is -0.948. The largest absolute Gasteiger partial charge is 0.313 e. The van der Waals surface area contributed by atoms with E-state index in [4.69, 9.17) is 11.6 Å². The first-order valence-corrected chi connectivity index (χ1v) is 8.24. The van der Waals surface area contributed by atoms with E-state index in [1.807, 2.05) is 12.1 Å². The normalized spacial score (nSPS) is 14.4. The molecular weight excluding hydrogens is 266 g/mol. The first-order valence-electron chi connectivity index (χ1n) is 6.54. The van der Waals surface area contributed by atoms with Crippen molar-refractivity contribution in [2.75, 3.05) is 12.3 Å². The predicted octanol–water partition coefficient (Wildman–Crippen LogP) is 3.62. The first kappa shape index (κ1) is 15.7. The SMILES string of the molecule is CCCNC(CCC)CS(=O)c1ccc(Cl)cc1. The monoisotopic (exact) mass is 287 g/mol. The van der Waals surface area contributed by atoms with E-state index in [2.05, 4.69) is 19.2 Å². The van der Waals surface area contributed by atoms with Gasteiger partial charge in [0.05, 0.1) is 10.8 Å². The molecule has 0 bridgehead atoms. The summed E-state index contributed by atoms with van der Waals surface area (Å²) in [6.07, 6.45) is 3.28. The Morgan fingerprint density at radius 1 is 1.22 bits per heavy atom. The minimum Gasteiger partial charge on any atom is -0.313 e. The van der Waals surface area contributed by atoms with Gasteiger partial charge < -0.3 is 5.32 Å². The summed E-state index contributed by atoms with van der Waals surface area (Å²) in [4.78, 5) is 0.860. The van der Waals surface area contributed by atoms with Crippen LogP contribution in [0.1, 0.15) is 33.1 Å². The van der Waals surface area contributed by atoms with Gasteiger partial charge in [-0.15, -0.1) is 0 Å². The molecule has 1 aromatic rings. The van der Waals surface area contributed by atoms with Crippen LogP contribution in [0, 0.1) is 0 Å². The second-order valence-corrected chi connectivity index (χ2v) is 6.34. The Kier molecular flexibility index (Phi) is 7.56. The number of hydrogen-bond donors (Lipinski definition) is 1. The van der Waals surface area contributed by atoms with Crippen molar-refractivity contribution in [3.05, 3.63) is 29.3 Å². The van der Waals surface area contributed by atoms with Crippen molar-refractivity contribution >= 4 is 22.4 Å². The zero-order valence-electron chi connectivity index (χ0n) is 11.1. The average Bonchev–Trinajstić information content (AvgIpc) is 2.37. The molecule has 1 N–H and O–H groups in total. The highest BCUT2D eigenvalue weighted by Gasteiger charge is 2.12. The van der Waals surface area contributed by atoms with Crippen LogP contribution in [0.4, 0.5) is 0 Å². The van der Waals surface area contributed by atoms with Crippen LogP contribution in [0.5, 0.6) is 0 Å². The summed E-state index contributed by atoms with van der Waals surface area (Å²) in [5, 5.41) is 4.15. The van der Waals surface area contributed by atoms with E-state index in [1.54, 1.807) is 12.1 Å². The van der Waals surface area contributed by atoms with E-state index < -0.39 is 10.8 Å². The van der Waals surface area contributed by atoms with Crippen molar-refractivity contribution in [2.45, 2.75) is 44.0 Å². The first-order chi connectivity index (χ1) is 8.67. The third-order valence-electron chi connectivity index (χ3n) is 2.75. The molecule has 0 radical (unpaired) electrons. The van der Waals surface area contributed by atoms with E-state index in [9.17, 15) is 4.21 Å². The quantitative estimate of drug-likeness (QED) is 0.791. The Morgan fingerprint density at radius 3 is 2.44 bits per heavy atom. The van der Waals surface area contributed by atoms with Crippen LogP contribution < -0.4 is 5.32 Å². The molecule has 0 amide bonds. The lowest BCUT2D eigenvalue weighted by molar-refractivity contribution is 0.510. The predicted molar refractivity (Wildman–Crippen MR) is 79.7 cm³/mol. The van der Waals surface area contributed by atoms with E-state index >= 15 is 0 Å². The zero-order valence-corrected chi connectivity index (χ0v) is 12.7. The molecule has 2 nitrogen and oxygen atoms in total. The lowest BCUT2D eigenvalue weighted by Gasteiger charge is -2.17. The summed E-state index contributed by atoms with van der Waals surface area (Å²) in [5.41, 5.74) is 0. The van der Waals surface area contributed by atoms with E-state index in [1.165, 1.54) is 0 Å². The molecule has 1 aromatic carbocycles. The highest BCUT2D eigenvalue weighted by molar-refractivity contribution is 7.85. The summed E-state index contributed by atoms with van der Waals surface area (Å²) in [6.45, 7) is 5.29. The minimum atomic E-state index is -0.948. The topological polar surface area (TPSA) is 29.1 Å². The molecule has 2 atom stereocenters. The standard InChI is InChI=1S/C14H22ClNOS/c1-3-5-13(16-10-4-2)11-18(17)14-8-6-12(15)7-9-14/h6-9,13,16H,3-5,10-11H2,1-2H3. The third kappa shape index (κ3) is 5.51. The third-order valence-corrected chi connectivity index (χ3v) is 4.50. The second-order valence-electron chi connectivity index (χ2n) is 4.41. The van der Waals surface area contributed by atoms with E-state index in [-0.39, 0.29) is 0 Å². The molecule has 0 saturated carbocycles. The Balaban J connectivity index is 2.56. The Morgan fingerprint density at radius 2 is 1.89 bits per heavy atom. The van der Waals surface area contributed by atoms with Crippen LogP contribution in [0.3, 0.4) is 0 Å². The van der Waals surface area contributed by atoms with Crippen molar-refractivity contribution in [3.63, 3.8) is 0 Å². The van der Waals surface area contributed by atoms with Crippen molar-refractivity contribution in [1.82, 2.24) is 5.32 Å². The van der Waals surface area contributed by atoms with Gasteiger partial charge in [0.15, 0.2) is 0 Å². The smallest absolute Gasteiger partial charge is 0.0545 e. The van der Waals surface area contributed by atoms with Crippen LogP contribution in [-0.4, -0.2) is 22.5 Å². The van der Waals surface area contributed by atoms with Gasteiger partial charge in [0.25, 0.3) is 0 Å². The zero-order chi connectivity index (χ0) is 13.4. The highest BCUT2D eigenvalue weighted by Crippen LogP contribution is 2.14. The van der Waals surface area contributed by atoms with Gasteiger partial charge in [-0.3, -0.25) is 4.21 Å². The molecule has 102 valence electrons. The molecule has 0 aliphatic rings. The summed E-state index contributed by atoms with van der Waals surface area (Å²) in [5.74, 6) is 0.676. The Labute approximate surface area is 118 Å². The molecule has 2 unspecified atom stereocenters.